The minimum atomic E-state index is 0.207. The minimum Gasteiger partial charge on any atom is -0.454 e. The standard InChI is InChI=1S/C22H15N5O2/c1-2-6-14(7-3-1)21-22-24-17-9-5-4-8-16(17)23-12-15-10-19-20(29-13-28-19)11-18(15)27(22)26-25-21/h1-12,26H,13H2. The molecule has 3 heterocycles. The molecule has 0 fully saturated rings. The fourth-order valence-electron chi connectivity index (χ4n) is 3.53. The van der Waals surface area contributed by atoms with E-state index in [1.165, 1.54) is 0 Å². The van der Waals surface area contributed by atoms with Crippen LogP contribution in [-0.4, -0.2) is 31.6 Å². The normalized spacial score (nSPS) is 12.6. The van der Waals surface area contributed by atoms with Crippen LogP contribution < -0.4 is 9.47 Å². The van der Waals surface area contributed by atoms with E-state index in [1.807, 2.05) is 77.4 Å². The summed E-state index contributed by atoms with van der Waals surface area (Å²) in [6, 6.07) is 21.6. The van der Waals surface area contributed by atoms with Crippen LogP contribution in [0.4, 0.5) is 0 Å². The topological polar surface area (TPSA) is 77.3 Å². The van der Waals surface area contributed by atoms with Crippen molar-refractivity contribution in [1.82, 2.24) is 24.8 Å². The van der Waals surface area contributed by atoms with Crippen molar-refractivity contribution in [2.45, 2.75) is 0 Å². The van der Waals surface area contributed by atoms with Gasteiger partial charge in [0.25, 0.3) is 0 Å². The van der Waals surface area contributed by atoms with Gasteiger partial charge >= 0.3 is 0 Å². The number of nitrogens with zero attached hydrogens (tertiary/aromatic N) is 4. The van der Waals surface area contributed by atoms with Gasteiger partial charge in [0.05, 0.1) is 16.6 Å². The number of aromatic amines is 1. The Morgan fingerprint density at radius 2 is 1.62 bits per heavy atom. The highest BCUT2D eigenvalue weighted by atomic mass is 16.7. The van der Waals surface area contributed by atoms with Gasteiger partial charge in [0.2, 0.25) is 6.79 Å². The van der Waals surface area contributed by atoms with Gasteiger partial charge in [0.15, 0.2) is 17.1 Å². The molecule has 0 unspecified atom stereocenters. The van der Waals surface area contributed by atoms with E-state index >= 15 is 0 Å². The number of ether oxygens (including phenoxy) is 2. The largest absolute Gasteiger partial charge is 0.454 e. The van der Waals surface area contributed by atoms with Crippen molar-refractivity contribution in [1.29, 1.82) is 0 Å². The number of H-pyrrole nitrogens is 1. The van der Waals surface area contributed by atoms with Crippen LogP contribution >= 0.6 is 0 Å². The van der Waals surface area contributed by atoms with Crippen LogP contribution in [0.25, 0.3) is 38.8 Å². The second kappa shape index (κ2) is 6.20. The fraction of sp³-hybridized carbons (Fsp3) is 0.0455. The van der Waals surface area contributed by atoms with Gasteiger partial charge in [-0.05, 0) is 18.2 Å². The molecule has 0 amide bonds. The van der Waals surface area contributed by atoms with Crippen molar-refractivity contribution >= 4 is 27.6 Å². The highest BCUT2D eigenvalue weighted by Crippen LogP contribution is 2.36. The summed E-state index contributed by atoms with van der Waals surface area (Å²) < 4.78 is 13.0. The summed E-state index contributed by atoms with van der Waals surface area (Å²) in [5.74, 6) is 1.38. The first-order chi connectivity index (χ1) is 14.4. The van der Waals surface area contributed by atoms with E-state index < -0.39 is 0 Å². The number of aromatic nitrogens is 5. The smallest absolute Gasteiger partial charge is 0.231 e. The lowest BCUT2D eigenvalue weighted by molar-refractivity contribution is 0.174. The molecule has 7 heteroatoms. The molecule has 0 bridgehead atoms. The van der Waals surface area contributed by atoms with Gasteiger partial charge in [0.1, 0.15) is 5.69 Å². The summed E-state index contributed by atoms with van der Waals surface area (Å²) in [5.41, 5.74) is 4.80. The van der Waals surface area contributed by atoms with Gasteiger partial charge < -0.3 is 9.47 Å². The predicted molar refractivity (Wildman–Crippen MR) is 109 cm³/mol. The Labute approximate surface area is 164 Å². The molecule has 0 saturated carbocycles. The first-order valence-electron chi connectivity index (χ1n) is 9.21. The molecule has 0 radical (unpaired) electrons. The Morgan fingerprint density at radius 3 is 2.48 bits per heavy atom. The SMILES string of the molecule is c1ccc(-c2n[nH]n3c2nc2ccccc2ncc2cc4c(cc23)OCO4)cc1. The predicted octanol–water partition coefficient (Wildman–Crippen LogP) is 4.28. The van der Waals surface area contributed by atoms with Crippen molar-refractivity contribution in [3.63, 3.8) is 0 Å². The van der Waals surface area contributed by atoms with Crippen molar-refractivity contribution in [3.05, 3.63) is 72.9 Å². The van der Waals surface area contributed by atoms with E-state index in [-0.39, 0.29) is 6.79 Å². The van der Waals surface area contributed by atoms with Crippen LogP contribution in [0.2, 0.25) is 0 Å². The molecule has 1 aliphatic heterocycles. The summed E-state index contributed by atoms with van der Waals surface area (Å²) in [7, 11) is 0. The maximum atomic E-state index is 5.59. The number of hydrogen-bond acceptors (Lipinski definition) is 5. The van der Waals surface area contributed by atoms with E-state index in [2.05, 4.69) is 15.3 Å². The Kier molecular flexibility index (Phi) is 3.40. The Balaban J connectivity index is 1.83. The number of hydrogen-bond donors (Lipinski definition) is 1. The summed E-state index contributed by atoms with van der Waals surface area (Å²) in [6.07, 6.45) is 1.82. The fourth-order valence-corrected chi connectivity index (χ4v) is 3.53. The molecule has 1 N–H and O–H groups in total. The molecule has 5 aromatic rings. The van der Waals surface area contributed by atoms with Crippen molar-refractivity contribution < 1.29 is 9.47 Å². The molecule has 29 heavy (non-hydrogen) atoms. The van der Waals surface area contributed by atoms with Crippen LogP contribution in [0.15, 0.2) is 72.9 Å². The Morgan fingerprint density at radius 1 is 0.862 bits per heavy atom. The van der Waals surface area contributed by atoms with Gasteiger partial charge in [0, 0.05) is 23.2 Å². The van der Waals surface area contributed by atoms with Gasteiger partial charge in [-0.3, -0.25) is 4.98 Å². The number of fused-ring (bicyclic) bond motifs is 5. The molecule has 0 aliphatic carbocycles. The highest BCUT2D eigenvalue weighted by Gasteiger charge is 2.17. The number of rotatable bonds is 1. The van der Waals surface area contributed by atoms with E-state index in [1.54, 1.807) is 0 Å². The first-order valence-corrected chi connectivity index (χ1v) is 9.21. The summed E-state index contributed by atoms with van der Waals surface area (Å²) >= 11 is 0. The molecule has 0 atom stereocenters. The third kappa shape index (κ3) is 2.55. The van der Waals surface area contributed by atoms with E-state index in [0.717, 1.165) is 33.2 Å². The van der Waals surface area contributed by atoms with Gasteiger partial charge in [-0.1, -0.05) is 42.5 Å². The van der Waals surface area contributed by atoms with Crippen LogP contribution in [0.1, 0.15) is 0 Å². The quantitative estimate of drug-likeness (QED) is 0.469. The highest BCUT2D eigenvalue weighted by molar-refractivity contribution is 5.87. The van der Waals surface area contributed by atoms with Gasteiger partial charge in [-0.2, -0.15) is 5.10 Å². The monoisotopic (exact) mass is 381 g/mol. The second-order valence-corrected chi connectivity index (χ2v) is 6.71. The lowest BCUT2D eigenvalue weighted by atomic mass is 10.1. The molecule has 6 rings (SSSR count). The lowest BCUT2D eigenvalue weighted by Crippen LogP contribution is -1.93. The summed E-state index contributed by atoms with van der Waals surface area (Å²) in [4.78, 5) is 9.61. The minimum absolute atomic E-state index is 0.207. The van der Waals surface area contributed by atoms with Crippen molar-refractivity contribution in [3.8, 4) is 22.8 Å². The molecule has 0 saturated heterocycles. The number of para-hydroxylation sites is 2. The molecular weight excluding hydrogens is 366 g/mol. The van der Waals surface area contributed by atoms with E-state index in [4.69, 9.17) is 14.5 Å². The van der Waals surface area contributed by atoms with Crippen molar-refractivity contribution in [2.24, 2.45) is 0 Å². The van der Waals surface area contributed by atoms with Crippen LogP contribution in [0.3, 0.4) is 0 Å². The average Bonchev–Trinajstić information content (AvgIpc) is 3.39. The molecule has 2 aromatic heterocycles. The zero-order chi connectivity index (χ0) is 19.2. The second-order valence-electron chi connectivity index (χ2n) is 6.71. The van der Waals surface area contributed by atoms with Crippen LogP contribution in [0, 0.1) is 0 Å². The Bertz CT molecular complexity index is 1440. The van der Waals surface area contributed by atoms with Crippen LogP contribution in [-0.2, 0) is 0 Å². The first kappa shape index (κ1) is 15.9. The zero-order valence-corrected chi connectivity index (χ0v) is 15.2. The third-order valence-corrected chi connectivity index (χ3v) is 4.95. The summed E-state index contributed by atoms with van der Waals surface area (Å²) in [6.45, 7) is 0.207. The van der Waals surface area contributed by atoms with Gasteiger partial charge in [-0.15, -0.1) is 0 Å². The van der Waals surface area contributed by atoms with Gasteiger partial charge in [-0.25, -0.2) is 14.7 Å². The third-order valence-electron chi connectivity index (χ3n) is 4.95. The molecule has 0 spiro atoms. The molecule has 7 nitrogen and oxygen atoms in total. The average molecular weight is 381 g/mol. The van der Waals surface area contributed by atoms with E-state index in [0.29, 0.717) is 17.1 Å². The van der Waals surface area contributed by atoms with E-state index in [9.17, 15) is 0 Å². The molecular formula is C22H15N5O2. The lowest BCUT2D eigenvalue weighted by Gasteiger charge is -2.00. The zero-order valence-electron chi connectivity index (χ0n) is 15.2. The molecule has 3 aromatic carbocycles. The summed E-state index contributed by atoms with van der Waals surface area (Å²) in [5, 5.41) is 8.56. The number of nitrogens with one attached hydrogen (secondary N) is 1. The maximum absolute atomic E-state index is 5.59. The Hall–Kier alpha value is -4.13. The van der Waals surface area contributed by atoms with Crippen LogP contribution in [0.5, 0.6) is 11.5 Å². The maximum Gasteiger partial charge on any atom is 0.231 e. The van der Waals surface area contributed by atoms with Crippen molar-refractivity contribution in [2.75, 3.05) is 6.79 Å². The number of benzene rings is 3. The molecule has 140 valence electrons. The molecule has 1 aliphatic rings.